The number of carbonyl (C=O) groups is 2. The number of Topliss-reactive ketones (excluding diaryl/α,β-unsaturated/α-hetero) is 1. The van der Waals surface area contributed by atoms with Gasteiger partial charge in [0.15, 0.2) is 0 Å². The van der Waals surface area contributed by atoms with Gasteiger partial charge in [0.25, 0.3) is 11.7 Å². The molecule has 0 bridgehead atoms. The van der Waals surface area contributed by atoms with Gasteiger partial charge in [0, 0.05) is 16.2 Å². The van der Waals surface area contributed by atoms with E-state index in [1.807, 2.05) is 0 Å². The standard InChI is InChI=1S/C18H20F3IN2O2/c1-3-23(4-2)12-5-10(6-12)9-24-14-8-11(22)7-13(18(19,20)21)15(14)16(25)17(24)26/h7-8,10,12H,3-6,9H2,1-2H3/t10-,12-. The van der Waals surface area contributed by atoms with E-state index in [4.69, 9.17) is 0 Å². The number of ketones is 1. The summed E-state index contributed by atoms with van der Waals surface area (Å²) in [6, 6.07) is 2.87. The van der Waals surface area contributed by atoms with Crippen LogP contribution in [0, 0.1) is 9.49 Å². The van der Waals surface area contributed by atoms with Gasteiger partial charge in [-0.1, -0.05) is 13.8 Å². The minimum atomic E-state index is -4.67. The Morgan fingerprint density at radius 3 is 2.35 bits per heavy atom. The summed E-state index contributed by atoms with van der Waals surface area (Å²) in [5.74, 6) is -1.70. The molecule has 1 aliphatic heterocycles. The molecule has 1 aliphatic carbocycles. The fraction of sp³-hybridized carbons (Fsp3) is 0.556. The summed E-state index contributed by atoms with van der Waals surface area (Å²) in [6.45, 7) is 6.38. The molecule has 0 radical (unpaired) electrons. The zero-order valence-electron chi connectivity index (χ0n) is 14.6. The lowest BCUT2D eigenvalue weighted by Gasteiger charge is -2.43. The largest absolute Gasteiger partial charge is 0.417 e. The second-order valence-corrected chi connectivity index (χ2v) is 8.05. The summed E-state index contributed by atoms with van der Waals surface area (Å²) in [6.07, 6.45) is -2.88. The molecule has 0 atom stereocenters. The molecule has 2 aliphatic rings. The SMILES string of the molecule is CCN(CC)[C@H]1C[C@H](CN2C(=O)C(=O)c3c2cc(I)cc3C(F)(F)F)C1. The smallest absolute Gasteiger partial charge is 0.304 e. The van der Waals surface area contributed by atoms with E-state index in [1.54, 1.807) is 22.6 Å². The molecule has 1 saturated carbocycles. The Bertz CT molecular complexity index is 741. The molecule has 26 heavy (non-hydrogen) atoms. The van der Waals surface area contributed by atoms with Crippen LogP contribution in [-0.2, 0) is 11.0 Å². The van der Waals surface area contributed by atoms with Crippen molar-refractivity contribution < 1.29 is 22.8 Å². The number of alkyl halides is 3. The first-order valence-corrected chi connectivity index (χ1v) is 9.76. The average molecular weight is 480 g/mol. The third-order valence-corrected chi connectivity index (χ3v) is 5.95. The number of fused-ring (bicyclic) bond motifs is 1. The van der Waals surface area contributed by atoms with Gasteiger partial charge in [0.1, 0.15) is 0 Å². The summed E-state index contributed by atoms with van der Waals surface area (Å²) < 4.78 is 40.3. The van der Waals surface area contributed by atoms with Crippen LogP contribution >= 0.6 is 22.6 Å². The summed E-state index contributed by atoms with van der Waals surface area (Å²) in [7, 11) is 0. The highest BCUT2D eigenvalue weighted by molar-refractivity contribution is 14.1. The van der Waals surface area contributed by atoms with Crippen molar-refractivity contribution in [3.05, 3.63) is 26.8 Å². The molecule has 0 unspecified atom stereocenters. The normalized spacial score (nSPS) is 22.8. The van der Waals surface area contributed by atoms with Crippen LogP contribution in [0.1, 0.15) is 42.6 Å². The van der Waals surface area contributed by atoms with Crippen LogP contribution in [0.15, 0.2) is 12.1 Å². The number of rotatable bonds is 5. The number of hydrogen-bond acceptors (Lipinski definition) is 3. The second kappa shape index (κ2) is 7.10. The van der Waals surface area contributed by atoms with Crippen molar-refractivity contribution in [3.8, 4) is 0 Å². The number of halogens is 4. The Morgan fingerprint density at radius 2 is 1.81 bits per heavy atom. The summed E-state index contributed by atoms with van der Waals surface area (Å²) in [5, 5.41) is 0. The first-order chi connectivity index (χ1) is 12.2. The van der Waals surface area contributed by atoms with Gasteiger partial charge in [-0.05, 0) is 66.6 Å². The quantitative estimate of drug-likeness (QED) is 0.474. The highest BCUT2D eigenvalue weighted by Gasteiger charge is 2.46. The zero-order valence-corrected chi connectivity index (χ0v) is 16.7. The first kappa shape index (κ1) is 19.6. The lowest BCUT2D eigenvalue weighted by molar-refractivity contribution is -0.137. The van der Waals surface area contributed by atoms with Crippen molar-refractivity contribution in [3.63, 3.8) is 0 Å². The third kappa shape index (κ3) is 3.37. The van der Waals surface area contributed by atoms with E-state index in [2.05, 4.69) is 18.7 Å². The number of nitrogens with zero attached hydrogens (tertiary/aromatic N) is 2. The van der Waals surface area contributed by atoms with Gasteiger partial charge >= 0.3 is 6.18 Å². The molecule has 1 aromatic rings. The molecule has 142 valence electrons. The van der Waals surface area contributed by atoms with Crippen molar-refractivity contribution >= 4 is 40.0 Å². The van der Waals surface area contributed by atoms with Crippen molar-refractivity contribution in [1.82, 2.24) is 4.90 Å². The third-order valence-electron chi connectivity index (χ3n) is 5.33. The number of amides is 1. The van der Waals surface area contributed by atoms with Crippen LogP contribution in [0.3, 0.4) is 0 Å². The van der Waals surface area contributed by atoms with Gasteiger partial charge in [0.05, 0.1) is 16.8 Å². The maximum Gasteiger partial charge on any atom is 0.417 e. The summed E-state index contributed by atoms with van der Waals surface area (Å²) in [5.41, 5.74) is -1.41. The molecule has 4 nitrogen and oxygen atoms in total. The van der Waals surface area contributed by atoms with Gasteiger partial charge in [-0.2, -0.15) is 13.2 Å². The monoisotopic (exact) mass is 480 g/mol. The summed E-state index contributed by atoms with van der Waals surface area (Å²) >= 11 is 1.79. The number of carbonyl (C=O) groups excluding carboxylic acids is 2. The van der Waals surface area contributed by atoms with Crippen LogP contribution < -0.4 is 4.90 Å². The van der Waals surface area contributed by atoms with Gasteiger partial charge < -0.3 is 9.80 Å². The first-order valence-electron chi connectivity index (χ1n) is 8.68. The Morgan fingerprint density at radius 1 is 1.19 bits per heavy atom. The average Bonchev–Trinajstić information content (AvgIpc) is 2.76. The highest BCUT2D eigenvalue weighted by Crippen LogP contribution is 2.42. The topological polar surface area (TPSA) is 40.6 Å². The molecule has 0 spiro atoms. The Kier molecular flexibility index (Phi) is 5.35. The summed E-state index contributed by atoms with van der Waals surface area (Å²) in [4.78, 5) is 28.2. The lowest BCUT2D eigenvalue weighted by Crippen LogP contribution is -2.48. The van der Waals surface area contributed by atoms with E-state index in [1.165, 1.54) is 11.0 Å². The van der Waals surface area contributed by atoms with Crippen molar-refractivity contribution in [2.24, 2.45) is 5.92 Å². The fourth-order valence-corrected chi connectivity index (χ4v) is 4.54. The molecule has 0 aromatic heterocycles. The molecule has 1 fully saturated rings. The molecular formula is C18H20F3IN2O2. The Balaban J connectivity index is 1.83. The Labute approximate surface area is 163 Å². The maximum absolute atomic E-state index is 13.3. The molecule has 3 rings (SSSR count). The van der Waals surface area contributed by atoms with Crippen molar-refractivity contribution in [1.29, 1.82) is 0 Å². The molecule has 1 aromatic carbocycles. The minimum Gasteiger partial charge on any atom is -0.304 e. The highest BCUT2D eigenvalue weighted by atomic mass is 127. The van der Waals surface area contributed by atoms with E-state index >= 15 is 0 Å². The molecule has 1 heterocycles. The number of anilines is 1. The minimum absolute atomic E-state index is 0.102. The molecular weight excluding hydrogens is 460 g/mol. The van der Waals surface area contributed by atoms with E-state index in [9.17, 15) is 22.8 Å². The molecule has 0 N–H and O–H groups in total. The molecule has 8 heteroatoms. The van der Waals surface area contributed by atoms with Gasteiger partial charge in [-0.25, -0.2) is 0 Å². The maximum atomic E-state index is 13.3. The predicted molar refractivity (Wildman–Crippen MR) is 100 cm³/mol. The van der Waals surface area contributed by atoms with Crippen LogP contribution in [-0.4, -0.2) is 42.3 Å². The van der Waals surface area contributed by atoms with Crippen LogP contribution in [0.5, 0.6) is 0 Å². The predicted octanol–water partition coefficient (Wildman–Crippen LogP) is 3.96. The number of benzene rings is 1. The van der Waals surface area contributed by atoms with Gasteiger partial charge in [-0.3, -0.25) is 9.59 Å². The lowest BCUT2D eigenvalue weighted by atomic mass is 9.79. The van der Waals surface area contributed by atoms with Gasteiger partial charge in [0.2, 0.25) is 0 Å². The fourth-order valence-electron chi connectivity index (χ4n) is 3.93. The zero-order chi connectivity index (χ0) is 19.2. The van der Waals surface area contributed by atoms with Crippen LogP contribution in [0.4, 0.5) is 18.9 Å². The second-order valence-electron chi connectivity index (χ2n) is 6.80. The van der Waals surface area contributed by atoms with E-state index in [-0.39, 0.29) is 11.6 Å². The van der Waals surface area contributed by atoms with Crippen molar-refractivity contribution in [2.75, 3.05) is 24.5 Å². The van der Waals surface area contributed by atoms with E-state index in [0.29, 0.717) is 16.2 Å². The Hall–Kier alpha value is -1.16. The van der Waals surface area contributed by atoms with Crippen molar-refractivity contribution in [2.45, 2.75) is 38.9 Å². The van der Waals surface area contributed by atoms with E-state index in [0.717, 1.165) is 32.0 Å². The van der Waals surface area contributed by atoms with Crippen LogP contribution in [0.25, 0.3) is 0 Å². The number of hydrogen-bond donors (Lipinski definition) is 0. The van der Waals surface area contributed by atoms with E-state index < -0.39 is 29.0 Å². The van der Waals surface area contributed by atoms with Gasteiger partial charge in [-0.15, -0.1) is 0 Å². The molecule has 1 amide bonds. The molecule has 0 saturated heterocycles. The van der Waals surface area contributed by atoms with Crippen LogP contribution in [0.2, 0.25) is 0 Å².